The molecule has 1 aromatic carbocycles. The molecule has 0 spiro atoms. The lowest BCUT2D eigenvalue weighted by Gasteiger charge is -2.23. The number of rotatable bonds is 4. The third-order valence-corrected chi connectivity index (χ3v) is 3.28. The lowest BCUT2D eigenvalue weighted by atomic mass is 9.86. The first-order chi connectivity index (χ1) is 9.90. The Balaban J connectivity index is 2.21. The SMILES string of the molecule is Cc1ccc(C(C)(C)C)c(OCc2cccc(NN)n2)c1. The Morgan fingerprint density at radius 1 is 1.19 bits per heavy atom. The fraction of sp³-hybridized carbons (Fsp3) is 0.353. The predicted molar refractivity (Wildman–Crippen MR) is 86.3 cm³/mol. The lowest BCUT2D eigenvalue weighted by molar-refractivity contribution is 0.293. The molecule has 4 heteroatoms. The number of nitrogens with zero attached hydrogens (tertiary/aromatic N) is 1. The van der Waals surface area contributed by atoms with Crippen LogP contribution in [0.15, 0.2) is 36.4 Å². The number of aromatic nitrogens is 1. The van der Waals surface area contributed by atoms with Crippen molar-refractivity contribution in [3.05, 3.63) is 53.2 Å². The molecule has 0 aliphatic heterocycles. The number of hydrazine groups is 1. The van der Waals surface area contributed by atoms with E-state index in [1.165, 1.54) is 11.1 Å². The minimum atomic E-state index is 0.0388. The summed E-state index contributed by atoms with van der Waals surface area (Å²) in [6.07, 6.45) is 0. The van der Waals surface area contributed by atoms with E-state index in [1.807, 2.05) is 18.2 Å². The van der Waals surface area contributed by atoms with Gasteiger partial charge in [0.25, 0.3) is 0 Å². The van der Waals surface area contributed by atoms with Gasteiger partial charge in [0, 0.05) is 0 Å². The Morgan fingerprint density at radius 3 is 2.62 bits per heavy atom. The molecule has 0 bridgehead atoms. The van der Waals surface area contributed by atoms with Gasteiger partial charge in [-0.25, -0.2) is 10.8 Å². The molecule has 112 valence electrons. The lowest BCUT2D eigenvalue weighted by Crippen LogP contribution is -2.14. The Hall–Kier alpha value is -2.07. The number of nitrogen functional groups attached to an aromatic ring is 1. The minimum absolute atomic E-state index is 0.0388. The van der Waals surface area contributed by atoms with Crippen LogP contribution in [0.3, 0.4) is 0 Å². The molecule has 0 unspecified atom stereocenters. The standard InChI is InChI=1S/C17H23N3O/c1-12-8-9-14(17(2,3)4)15(10-12)21-11-13-6-5-7-16(19-13)20-18/h5-10H,11,18H2,1-4H3,(H,19,20). The van der Waals surface area contributed by atoms with Crippen LogP contribution in [-0.2, 0) is 12.0 Å². The normalized spacial score (nSPS) is 11.3. The van der Waals surface area contributed by atoms with E-state index in [0.29, 0.717) is 12.4 Å². The van der Waals surface area contributed by atoms with Gasteiger partial charge < -0.3 is 10.2 Å². The maximum Gasteiger partial charge on any atom is 0.140 e. The van der Waals surface area contributed by atoms with E-state index in [2.05, 4.69) is 56.3 Å². The van der Waals surface area contributed by atoms with Crippen molar-refractivity contribution in [1.29, 1.82) is 0 Å². The molecule has 0 aliphatic rings. The summed E-state index contributed by atoms with van der Waals surface area (Å²) in [5, 5.41) is 0. The van der Waals surface area contributed by atoms with Crippen molar-refractivity contribution in [3.63, 3.8) is 0 Å². The zero-order valence-corrected chi connectivity index (χ0v) is 13.1. The number of nitrogens with two attached hydrogens (primary N) is 1. The summed E-state index contributed by atoms with van der Waals surface area (Å²) in [6, 6.07) is 12.0. The van der Waals surface area contributed by atoms with E-state index in [-0.39, 0.29) is 5.41 Å². The second-order valence-electron chi connectivity index (χ2n) is 6.20. The maximum absolute atomic E-state index is 6.00. The van der Waals surface area contributed by atoms with Crippen LogP contribution in [0.4, 0.5) is 5.82 Å². The van der Waals surface area contributed by atoms with Crippen molar-refractivity contribution >= 4 is 5.82 Å². The molecule has 1 aromatic heterocycles. The Bertz CT molecular complexity index is 618. The molecule has 0 aliphatic carbocycles. The van der Waals surface area contributed by atoms with Crippen LogP contribution in [0.5, 0.6) is 5.75 Å². The first kappa shape index (κ1) is 15.3. The molecular formula is C17H23N3O. The van der Waals surface area contributed by atoms with Gasteiger partial charge in [-0.05, 0) is 41.7 Å². The highest BCUT2D eigenvalue weighted by Gasteiger charge is 2.19. The first-order valence-electron chi connectivity index (χ1n) is 7.06. The van der Waals surface area contributed by atoms with E-state index < -0.39 is 0 Å². The molecule has 3 N–H and O–H groups in total. The van der Waals surface area contributed by atoms with E-state index >= 15 is 0 Å². The van der Waals surface area contributed by atoms with Gasteiger partial charge in [-0.2, -0.15) is 0 Å². The maximum atomic E-state index is 6.00. The van der Waals surface area contributed by atoms with Crippen LogP contribution in [0.1, 0.15) is 37.6 Å². The molecule has 0 saturated heterocycles. The topological polar surface area (TPSA) is 60.2 Å². The third-order valence-electron chi connectivity index (χ3n) is 3.28. The van der Waals surface area contributed by atoms with Crippen molar-refractivity contribution in [2.45, 2.75) is 39.7 Å². The number of hydrogen-bond acceptors (Lipinski definition) is 4. The Kier molecular flexibility index (Phi) is 4.48. The van der Waals surface area contributed by atoms with Gasteiger partial charge in [0.1, 0.15) is 18.2 Å². The molecule has 0 saturated carbocycles. The fourth-order valence-corrected chi connectivity index (χ4v) is 2.16. The molecule has 2 aromatic rings. The molecule has 2 rings (SSSR count). The van der Waals surface area contributed by atoms with Crippen LogP contribution in [-0.4, -0.2) is 4.98 Å². The van der Waals surface area contributed by atoms with Crippen molar-refractivity contribution in [3.8, 4) is 5.75 Å². The molecule has 0 amide bonds. The van der Waals surface area contributed by atoms with E-state index in [0.717, 1.165) is 11.4 Å². The molecule has 4 nitrogen and oxygen atoms in total. The number of nitrogens with one attached hydrogen (secondary N) is 1. The monoisotopic (exact) mass is 285 g/mol. The zero-order valence-electron chi connectivity index (χ0n) is 13.1. The van der Waals surface area contributed by atoms with Crippen molar-refractivity contribution in [2.24, 2.45) is 5.84 Å². The van der Waals surface area contributed by atoms with Gasteiger partial charge in [-0.15, -0.1) is 0 Å². The van der Waals surface area contributed by atoms with Gasteiger partial charge in [0.05, 0.1) is 5.69 Å². The third kappa shape index (κ3) is 3.95. The van der Waals surface area contributed by atoms with Crippen molar-refractivity contribution < 1.29 is 4.74 Å². The van der Waals surface area contributed by atoms with Crippen LogP contribution < -0.4 is 16.0 Å². The summed E-state index contributed by atoms with van der Waals surface area (Å²) in [6.45, 7) is 9.03. The number of ether oxygens (including phenoxy) is 1. The van der Waals surface area contributed by atoms with Gasteiger partial charge in [0.2, 0.25) is 0 Å². The second kappa shape index (κ2) is 6.14. The Labute approximate surface area is 126 Å². The van der Waals surface area contributed by atoms with Gasteiger partial charge in [0.15, 0.2) is 0 Å². The zero-order chi connectivity index (χ0) is 15.5. The highest BCUT2D eigenvalue weighted by atomic mass is 16.5. The molecule has 0 fully saturated rings. The molecular weight excluding hydrogens is 262 g/mol. The van der Waals surface area contributed by atoms with Gasteiger partial charge >= 0.3 is 0 Å². The van der Waals surface area contributed by atoms with Crippen LogP contribution >= 0.6 is 0 Å². The smallest absolute Gasteiger partial charge is 0.140 e. The summed E-state index contributed by atoms with van der Waals surface area (Å²) >= 11 is 0. The predicted octanol–water partition coefficient (Wildman–Crippen LogP) is 3.55. The number of hydrogen-bond donors (Lipinski definition) is 2. The summed E-state index contributed by atoms with van der Waals surface area (Å²) in [5.74, 6) is 6.92. The average Bonchev–Trinajstić information content (AvgIpc) is 2.44. The number of anilines is 1. The summed E-state index contributed by atoms with van der Waals surface area (Å²) in [5.41, 5.74) is 5.80. The Morgan fingerprint density at radius 2 is 1.95 bits per heavy atom. The summed E-state index contributed by atoms with van der Waals surface area (Å²) in [4.78, 5) is 4.36. The minimum Gasteiger partial charge on any atom is -0.487 e. The van der Waals surface area contributed by atoms with Crippen molar-refractivity contribution in [2.75, 3.05) is 5.43 Å². The quantitative estimate of drug-likeness (QED) is 0.666. The largest absolute Gasteiger partial charge is 0.487 e. The van der Waals surface area contributed by atoms with E-state index in [9.17, 15) is 0 Å². The van der Waals surface area contributed by atoms with Crippen molar-refractivity contribution in [1.82, 2.24) is 4.98 Å². The van der Waals surface area contributed by atoms with E-state index in [1.54, 1.807) is 0 Å². The van der Waals surface area contributed by atoms with Gasteiger partial charge in [-0.1, -0.05) is 39.0 Å². The highest BCUT2D eigenvalue weighted by Crippen LogP contribution is 2.32. The number of aryl methyl sites for hydroxylation is 1. The summed E-state index contributed by atoms with van der Waals surface area (Å²) in [7, 11) is 0. The fourth-order valence-electron chi connectivity index (χ4n) is 2.16. The second-order valence-corrected chi connectivity index (χ2v) is 6.20. The van der Waals surface area contributed by atoms with E-state index in [4.69, 9.17) is 10.6 Å². The highest BCUT2D eigenvalue weighted by molar-refractivity contribution is 5.41. The average molecular weight is 285 g/mol. The van der Waals surface area contributed by atoms with Crippen LogP contribution in [0.25, 0.3) is 0 Å². The summed E-state index contributed by atoms with van der Waals surface area (Å²) < 4.78 is 6.00. The molecule has 0 radical (unpaired) electrons. The molecule has 21 heavy (non-hydrogen) atoms. The molecule has 1 heterocycles. The van der Waals surface area contributed by atoms with Crippen LogP contribution in [0, 0.1) is 6.92 Å². The van der Waals surface area contributed by atoms with Gasteiger partial charge in [-0.3, -0.25) is 0 Å². The number of pyridine rings is 1. The molecule has 0 atom stereocenters. The first-order valence-corrected chi connectivity index (χ1v) is 7.06. The number of benzene rings is 1. The van der Waals surface area contributed by atoms with Crippen LogP contribution in [0.2, 0.25) is 0 Å².